The van der Waals surface area contributed by atoms with Gasteiger partial charge in [0.2, 0.25) is 0 Å². The van der Waals surface area contributed by atoms with Crippen LogP contribution in [0, 0.1) is 0 Å². The van der Waals surface area contributed by atoms with E-state index in [0.29, 0.717) is 0 Å². The molecule has 1 aliphatic heterocycles. The van der Waals surface area contributed by atoms with Crippen molar-refractivity contribution in [3.63, 3.8) is 0 Å². The molecule has 1 nitrogen and oxygen atoms in total. The van der Waals surface area contributed by atoms with Gasteiger partial charge in [-0.05, 0) is 63.7 Å². The second-order valence-corrected chi connectivity index (χ2v) is 13.4. The summed E-state index contributed by atoms with van der Waals surface area (Å²) in [5.41, 5.74) is 6.05. The second kappa shape index (κ2) is 10.9. The molecule has 0 fully saturated rings. The zero-order chi connectivity index (χ0) is 29.7. The lowest BCUT2D eigenvalue weighted by molar-refractivity contribution is 1.16. The Hall–Kier alpha value is -4.96. The molecule has 3 heteroatoms. The van der Waals surface area contributed by atoms with Crippen LogP contribution >= 0.6 is 23.5 Å². The van der Waals surface area contributed by atoms with Crippen molar-refractivity contribution in [1.29, 1.82) is 0 Å². The lowest BCUT2D eigenvalue weighted by atomic mass is 9.95. The summed E-state index contributed by atoms with van der Waals surface area (Å²) < 4.78 is 0. The molecule has 0 saturated heterocycles. The van der Waals surface area contributed by atoms with E-state index in [2.05, 4.69) is 169 Å². The van der Waals surface area contributed by atoms with E-state index in [1.165, 1.54) is 80.1 Å². The van der Waals surface area contributed by atoms with Crippen LogP contribution in [0.4, 0.5) is 17.1 Å². The van der Waals surface area contributed by atoms with Crippen LogP contribution in [0.5, 0.6) is 0 Å². The van der Waals surface area contributed by atoms with Gasteiger partial charge in [-0.25, -0.2) is 0 Å². The molecule has 1 aliphatic rings. The van der Waals surface area contributed by atoms with Gasteiger partial charge in [-0.3, -0.25) is 0 Å². The van der Waals surface area contributed by atoms with E-state index >= 15 is 0 Å². The fourth-order valence-electron chi connectivity index (χ4n) is 6.67. The van der Waals surface area contributed by atoms with Crippen LogP contribution in [0.1, 0.15) is 0 Å². The summed E-state index contributed by atoms with van der Waals surface area (Å²) in [6, 6.07) is 59.7. The first kappa shape index (κ1) is 26.4. The van der Waals surface area contributed by atoms with Crippen LogP contribution < -0.4 is 4.90 Å². The molecule has 0 atom stereocenters. The highest BCUT2D eigenvalue weighted by molar-refractivity contribution is 8.05. The van der Waals surface area contributed by atoms with Crippen molar-refractivity contribution < 1.29 is 0 Å². The van der Waals surface area contributed by atoms with Crippen LogP contribution in [0.15, 0.2) is 183 Å². The molecule has 0 unspecified atom stereocenters. The molecule has 8 aromatic rings. The number of anilines is 3. The first-order valence-corrected chi connectivity index (χ1v) is 16.8. The molecule has 0 amide bonds. The van der Waals surface area contributed by atoms with Gasteiger partial charge in [-0.15, -0.1) is 0 Å². The Kier molecular flexibility index (Phi) is 6.40. The molecule has 212 valence electrons. The number of rotatable bonds is 4. The van der Waals surface area contributed by atoms with Gasteiger partial charge < -0.3 is 4.90 Å². The summed E-state index contributed by atoms with van der Waals surface area (Å²) in [6.07, 6.45) is 0. The predicted molar refractivity (Wildman–Crippen MR) is 194 cm³/mol. The third kappa shape index (κ3) is 4.42. The average molecular weight is 610 g/mol. The van der Waals surface area contributed by atoms with Gasteiger partial charge in [0, 0.05) is 35.7 Å². The van der Waals surface area contributed by atoms with E-state index in [0.717, 1.165) is 0 Å². The zero-order valence-electron chi connectivity index (χ0n) is 24.4. The van der Waals surface area contributed by atoms with Crippen LogP contribution in [-0.2, 0) is 0 Å². The van der Waals surface area contributed by atoms with Gasteiger partial charge in [-0.2, -0.15) is 0 Å². The maximum Gasteiger partial charge on any atom is 0.0540 e. The number of nitrogens with zero attached hydrogens (tertiary/aromatic N) is 1. The lowest BCUT2D eigenvalue weighted by Crippen LogP contribution is -2.11. The van der Waals surface area contributed by atoms with E-state index in [1.54, 1.807) is 0 Å². The monoisotopic (exact) mass is 609 g/mol. The smallest absolute Gasteiger partial charge is 0.0540 e. The molecule has 8 aromatic carbocycles. The van der Waals surface area contributed by atoms with Crippen molar-refractivity contribution in [1.82, 2.24) is 0 Å². The van der Waals surface area contributed by atoms with E-state index in [1.807, 2.05) is 23.5 Å². The molecule has 0 aromatic heterocycles. The number of fused-ring (bicyclic) bond motifs is 5. The highest BCUT2D eigenvalue weighted by atomic mass is 32.2. The van der Waals surface area contributed by atoms with Gasteiger partial charge in [-0.1, -0.05) is 151 Å². The Balaban J connectivity index is 1.30. The summed E-state index contributed by atoms with van der Waals surface area (Å²) in [5.74, 6) is 0. The first-order valence-electron chi connectivity index (χ1n) is 15.2. The van der Waals surface area contributed by atoms with E-state index in [9.17, 15) is 0 Å². The molecule has 45 heavy (non-hydrogen) atoms. The van der Waals surface area contributed by atoms with Gasteiger partial charge in [0.1, 0.15) is 0 Å². The van der Waals surface area contributed by atoms with Crippen molar-refractivity contribution in [2.24, 2.45) is 0 Å². The van der Waals surface area contributed by atoms with Crippen molar-refractivity contribution in [2.45, 2.75) is 19.6 Å². The van der Waals surface area contributed by atoms with Crippen molar-refractivity contribution in [3.8, 4) is 11.1 Å². The Bertz CT molecular complexity index is 2320. The largest absolute Gasteiger partial charge is 0.309 e. The first-order chi connectivity index (χ1) is 22.3. The molecule has 0 radical (unpaired) electrons. The number of benzene rings is 8. The molecule has 0 spiro atoms. The topological polar surface area (TPSA) is 3.24 Å². The van der Waals surface area contributed by atoms with Crippen LogP contribution in [0.2, 0.25) is 0 Å². The predicted octanol–water partition coefficient (Wildman–Crippen LogP) is 12.9. The summed E-state index contributed by atoms with van der Waals surface area (Å²) in [5, 5.41) is 7.38. The summed E-state index contributed by atoms with van der Waals surface area (Å²) >= 11 is 3.76. The summed E-state index contributed by atoms with van der Waals surface area (Å²) in [4.78, 5) is 7.77. The highest BCUT2D eigenvalue weighted by Crippen LogP contribution is 2.53. The van der Waals surface area contributed by atoms with Gasteiger partial charge in [0.15, 0.2) is 0 Å². The molecular weight excluding hydrogens is 583 g/mol. The van der Waals surface area contributed by atoms with Crippen LogP contribution in [0.3, 0.4) is 0 Å². The number of hydrogen-bond donors (Lipinski definition) is 0. The van der Waals surface area contributed by atoms with E-state index in [4.69, 9.17) is 0 Å². The fourth-order valence-corrected chi connectivity index (χ4v) is 9.06. The third-order valence-corrected chi connectivity index (χ3v) is 11.3. The minimum atomic E-state index is 1.17. The van der Waals surface area contributed by atoms with Crippen LogP contribution in [0.25, 0.3) is 43.4 Å². The summed E-state index contributed by atoms with van der Waals surface area (Å²) in [6.45, 7) is 0. The van der Waals surface area contributed by atoms with Crippen LogP contribution in [-0.4, -0.2) is 0 Å². The van der Waals surface area contributed by atoms with Gasteiger partial charge in [0.25, 0.3) is 0 Å². The maximum atomic E-state index is 2.47. The third-order valence-electron chi connectivity index (χ3n) is 8.71. The fraction of sp³-hybridized carbons (Fsp3) is 0. The molecule has 0 saturated carbocycles. The maximum absolute atomic E-state index is 2.47. The quantitative estimate of drug-likeness (QED) is 0.195. The van der Waals surface area contributed by atoms with Crippen molar-refractivity contribution >= 4 is 72.9 Å². The van der Waals surface area contributed by atoms with E-state index < -0.39 is 0 Å². The Labute approximate surface area is 271 Å². The Morgan fingerprint density at radius 3 is 1.49 bits per heavy atom. The summed E-state index contributed by atoms with van der Waals surface area (Å²) in [7, 11) is 0. The molecule has 0 N–H and O–H groups in total. The molecule has 1 heterocycles. The number of hydrogen-bond acceptors (Lipinski definition) is 3. The van der Waals surface area contributed by atoms with Gasteiger partial charge >= 0.3 is 0 Å². The van der Waals surface area contributed by atoms with Gasteiger partial charge in [0.05, 0.1) is 17.1 Å². The van der Waals surface area contributed by atoms with Crippen molar-refractivity contribution in [2.75, 3.05) is 4.90 Å². The standard InChI is InChI=1S/C42H27NS2/c1-3-16-30-28(12-1)14-9-21-36(30)43(37-22-10-15-29-13-2-4-17-31(29)37)38-27-26-33(32-18-5-6-19-34(32)38)35-20-11-25-41-42(35)45-40-24-8-7-23-39(40)44-41/h1-27H. The Morgan fingerprint density at radius 1 is 0.311 bits per heavy atom. The average Bonchev–Trinajstić information content (AvgIpc) is 3.11. The van der Waals surface area contributed by atoms with Crippen molar-refractivity contribution in [3.05, 3.63) is 164 Å². The minimum absolute atomic E-state index is 1.17. The highest BCUT2D eigenvalue weighted by Gasteiger charge is 2.24. The zero-order valence-corrected chi connectivity index (χ0v) is 26.0. The van der Waals surface area contributed by atoms with E-state index in [-0.39, 0.29) is 0 Å². The lowest BCUT2D eigenvalue weighted by Gasteiger charge is -2.30. The SMILES string of the molecule is c1ccc2c(c1)Sc1cccc(-c3ccc(N(c4cccc5ccccc45)c4cccc5ccccc45)c4ccccc34)c1S2. The Morgan fingerprint density at radius 2 is 0.800 bits per heavy atom. The minimum Gasteiger partial charge on any atom is -0.309 e. The molecule has 0 bridgehead atoms. The second-order valence-electron chi connectivity index (χ2n) is 11.3. The molecule has 0 aliphatic carbocycles. The molecule has 9 rings (SSSR count). The molecular formula is C42H27NS2. The normalized spacial score (nSPS) is 12.3.